The fraction of sp³-hybridized carbons (Fsp3) is 0.842. The number of likely N-dealkylation sites (tertiary alicyclic amines) is 1. The number of nitrogens with one attached hydrogen (secondary N) is 1. The summed E-state index contributed by atoms with van der Waals surface area (Å²) in [5.74, 6) is -2.46. The maximum absolute atomic E-state index is 13.4. The van der Waals surface area contributed by atoms with Crippen molar-refractivity contribution in [2.75, 3.05) is 13.2 Å². The third-order valence-electron chi connectivity index (χ3n) is 6.05. The van der Waals surface area contributed by atoms with Crippen molar-refractivity contribution in [3.05, 3.63) is 0 Å². The predicted octanol–water partition coefficient (Wildman–Crippen LogP) is 0.220. The van der Waals surface area contributed by atoms with E-state index in [0.29, 0.717) is 19.3 Å². The number of ether oxygens (including phenoxy) is 2. The van der Waals surface area contributed by atoms with E-state index in [0.717, 1.165) is 0 Å². The van der Waals surface area contributed by atoms with Crippen LogP contribution in [-0.4, -0.2) is 70.8 Å². The van der Waals surface area contributed by atoms with Gasteiger partial charge in [0.05, 0.1) is 37.2 Å². The second kappa shape index (κ2) is 7.39. The molecule has 2 N–H and O–H groups in total. The van der Waals surface area contributed by atoms with Gasteiger partial charge in [0.1, 0.15) is 11.6 Å². The average Bonchev–Trinajstić information content (AvgIpc) is 3.24. The van der Waals surface area contributed by atoms with Gasteiger partial charge >= 0.3 is 5.97 Å². The molecule has 3 rings (SSSR count). The van der Waals surface area contributed by atoms with Crippen LogP contribution in [0.2, 0.25) is 0 Å². The molecule has 3 heterocycles. The molecule has 8 heteroatoms. The van der Waals surface area contributed by atoms with Crippen molar-refractivity contribution >= 4 is 17.8 Å². The molecule has 152 valence electrons. The number of carbonyl (C=O) groups is 3. The molecule has 0 saturated carbocycles. The lowest BCUT2D eigenvalue weighted by molar-refractivity contribution is -0.155. The van der Waals surface area contributed by atoms with E-state index in [9.17, 15) is 19.5 Å². The molecule has 2 amide bonds. The quantitative estimate of drug-likeness (QED) is 0.610. The highest BCUT2D eigenvalue weighted by molar-refractivity contribution is 5.98. The summed E-state index contributed by atoms with van der Waals surface area (Å²) in [6.07, 6.45) is 1.26. The number of aliphatic hydroxyl groups excluding tert-OH is 1. The van der Waals surface area contributed by atoms with Crippen LogP contribution in [0.3, 0.4) is 0 Å². The Hall–Kier alpha value is -1.67. The summed E-state index contributed by atoms with van der Waals surface area (Å²) < 4.78 is 11.4. The van der Waals surface area contributed by atoms with Gasteiger partial charge in [-0.2, -0.15) is 0 Å². The van der Waals surface area contributed by atoms with Gasteiger partial charge in [0.15, 0.2) is 0 Å². The highest BCUT2D eigenvalue weighted by atomic mass is 16.6. The van der Waals surface area contributed by atoms with Crippen LogP contribution in [-0.2, 0) is 23.9 Å². The summed E-state index contributed by atoms with van der Waals surface area (Å²) in [7, 11) is 0. The smallest absolute Gasteiger partial charge is 0.312 e. The Kier molecular flexibility index (Phi) is 5.49. The van der Waals surface area contributed by atoms with Gasteiger partial charge < -0.3 is 24.8 Å². The molecule has 0 aliphatic carbocycles. The molecular formula is C19H30N2O6. The van der Waals surface area contributed by atoms with Crippen LogP contribution < -0.4 is 5.32 Å². The summed E-state index contributed by atoms with van der Waals surface area (Å²) in [6, 6.07) is -1.44. The Balaban J connectivity index is 2.03. The molecule has 0 aromatic rings. The topological polar surface area (TPSA) is 105 Å². The molecule has 8 nitrogen and oxygen atoms in total. The molecule has 27 heavy (non-hydrogen) atoms. The second-order valence-electron chi connectivity index (χ2n) is 7.96. The predicted molar refractivity (Wildman–Crippen MR) is 95.5 cm³/mol. The zero-order valence-electron chi connectivity index (χ0n) is 16.4. The van der Waals surface area contributed by atoms with E-state index in [1.165, 1.54) is 4.90 Å². The van der Waals surface area contributed by atoms with Crippen LogP contribution in [0, 0.1) is 11.8 Å². The third kappa shape index (κ3) is 2.93. The Morgan fingerprint density at radius 2 is 2.11 bits per heavy atom. The lowest BCUT2D eigenvalue weighted by atomic mass is 9.70. The van der Waals surface area contributed by atoms with E-state index in [-0.39, 0.29) is 31.1 Å². The molecule has 2 bridgehead atoms. The van der Waals surface area contributed by atoms with Crippen molar-refractivity contribution in [3.63, 3.8) is 0 Å². The van der Waals surface area contributed by atoms with Crippen LogP contribution in [0.15, 0.2) is 0 Å². The first-order chi connectivity index (χ1) is 12.8. The summed E-state index contributed by atoms with van der Waals surface area (Å²) >= 11 is 0. The van der Waals surface area contributed by atoms with Gasteiger partial charge in [0.25, 0.3) is 0 Å². The fourth-order valence-electron chi connectivity index (χ4n) is 5.07. The SMILES string of the molecule is CCOC(=O)[C@@H]1[C@@H]2CC[C@]3(O2)[C@H](C(=O)NC(C)C)N([C@@H](CC)CO)C(=O)[C@@H]13. The number of hydrogen-bond donors (Lipinski definition) is 2. The van der Waals surface area contributed by atoms with E-state index >= 15 is 0 Å². The van der Waals surface area contributed by atoms with Crippen molar-refractivity contribution in [1.82, 2.24) is 10.2 Å². The summed E-state index contributed by atoms with van der Waals surface area (Å²) in [4.78, 5) is 40.5. The number of hydrogen-bond acceptors (Lipinski definition) is 6. The summed E-state index contributed by atoms with van der Waals surface area (Å²) in [6.45, 7) is 7.27. The van der Waals surface area contributed by atoms with Gasteiger partial charge in [-0.25, -0.2) is 0 Å². The molecule has 0 aromatic carbocycles. The van der Waals surface area contributed by atoms with Crippen LogP contribution in [0.25, 0.3) is 0 Å². The van der Waals surface area contributed by atoms with Gasteiger partial charge in [0, 0.05) is 6.04 Å². The first-order valence-corrected chi connectivity index (χ1v) is 9.90. The summed E-state index contributed by atoms with van der Waals surface area (Å²) in [5, 5.41) is 12.7. The van der Waals surface area contributed by atoms with Crippen molar-refractivity contribution in [1.29, 1.82) is 0 Å². The number of carbonyl (C=O) groups excluding carboxylic acids is 3. The van der Waals surface area contributed by atoms with E-state index in [4.69, 9.17) is 9.47 Å². The molecule has 3 saturated heterocycles. The standard InChI is InChI=1S/C19H30N2O6/c1-5-11(9-22)21-15(16(23)20-10(3)4)19-8-7-12(27-19)13(14(19)17(21)24)18(25)26-6-2/h10-15,22H,5-9H2,1-4H3,(H,20,23)/t11-,12-,13+,14+,15-,19+/m0/s1. The van der Waals surface area contributed by atoms with Crippen LogP contribution >= 0.6 is 0 Å². The Morgan fingerprint density at radius 3 is 2.67 bits per heavy atom. The summed E-state index contributed by atoms with van der Waals surface area (Å²) in [5.41, 5.74) is -1.03. The molecule has 3 fully saturated rings. The number of amides is 2. The van der Waals surface area contributed by atoms with Gasteiger partial charge in [-0.1, -0.05) is 6.92 Å². The number of fused-ring (bicyclic) bond motifs is 1. The molecule has 3 aliphatic rings. The highest BCUT2D eigenvalue weighted by Crippen LogP contribution is 2.59. The van der Waals surface area contributed by atoms with E-state index in [1.54, 1.807) is 6.92 Å². The minimum absolute atomic E-state index is 0.0986. The van der Waals surface area contributed by atoms with Gasteiger partial charge in [-0.3, -0.25) is 14.4 Å². The molecule has 1 spiro atoms. The Bertz CT molecular complexity index is 619. The zero-order valence-corrected chi connectivity index (χ0v) is 16.4. The minimum atomic E-state index is -1.03. The van der Waals surface area contributed by atoms with E-state index in [2.05, 4.69) is 5.32 Å². The maximum Gasteiger partial charge on any atom is 0.312 e. The second-order valence-corrected chi connectivity index (χ2v) is 7.96. The normalized spacial score (nSPS) is 35.5. The van der Waals surface area contributed by atoms with Crippen LogP contribution in [0.1, 0.15) is 47.0 Å². The Morgan fingerprint density at radius 1 is 1.41 bits per heavy atom. The molecular weight excluding hydrogens is 352 g/mol. The monoisotopic (exact) mass is 382 g/mol. The third-order valence-corrected chi connectivity index (χ3v) is 6.05. The largest absolute Gasteiger partial charge is 0.466 e. The van der Waals surface area contributed by atoms with Crippen molar-refractivity contribution < 1.29 is 29.0 Å². The number of aliphatic hydroxyl groups is 1. The molecule has 6 atom stereocenters. The fourth-order valence-corrected chi connectivity index (χ4v) is 5.07. The molecule has 3 aliphatic heterocycles. The molecule has 0 unspecified atom stereocenters. The van der Waals surface area contributed by atoms with Crippen molar-refractivity contribution in [3.8, 4) is 0 Å². The van der Waals surface area contributed by atoms with Crippen LogP contribution in [0.4, 0.5) is 0 Å². The average molecular weight is 382 g/mol. The molecule has 0 aromatic heterocycles. The lowest BCUT2D eigenvalue weighted by Gasteiger charge is -2.36. The number of nitrogens with zero attached hydrogens (tertiary/aromatic N) is 1. The Labute approximate surface area is 159 Å². The molecule has 0 radical (unpaired) electrons. The highest BCUT2D eigenvalue weighted by Gasteiger charge is 2.75. The van der Waals surface area contributed by atoms with Crippen LogP contribution in [0.5, 0.6) is 0 Å². The number of esters is 1. The first-order valence-electron chi connectivity index (χ1n) is 9.90. The van der Waals surface area contributed by atoms with Crippen molar-refractivity contribution in [2.24, 2.45) is 11.8 Å². The van der Waals surface area contributed by atoms with Gasteiger partial charge in [-0.15, -0.1) is 0 Å². The maximum atomic E-state index is 13.4. The van der Waals surface area contributed by atoms with Crippen molar-refractivity contribution in [2.45, 2.75) is 76.8 Å². The minimum Gasteiger partial charge on any atom is -0.466 e. The van der Waals surface area contributed by atoms with E-state index < -0.39 is 41.6 Å². The lowest BCUT2D eigenvalue weighted by Crippen LogP contribution is -2.58. The zero-order chi connectivity index (χ0) is 19.9. The van der Waals surface area contributed by atoms with Gasteiger partial charge in [0.2, 0.25) is 11.8 Å². The number of rotatable bonds is 7. The first kappa shape index (κ1) is 20.1. The van der Waals surface area contributed by atoms with E-state index in [1.807, 2.05) is 20.8 Å². The van der Waals surface area contributed by atoms with Gasteiger partial charge in [-0.05, 0) is 40.0 Å².